The Morgan fingerprint density at radius 2 is 2.04 bits per heavy atom. The van der Waals surface area contributed by atoms with Crippen LogP contribution in [0.3, 0.4) is 0 Å². The van der Waals surface area contributed by atoms with Crippen LogP contribution in [0, 0.1) is 23.0 Å². The molecule has 0 fully saturated rings. The predicted molar refractivity (Wildman–Crippen MR) is 86.6 cm³/mol. The van der Waals surface area contributed by atoms with Gasteiger partial charge in [0.1, 0.15) is 17.7 Å². The molecule has 5 nitrogen and oxygen atoms in total. The van der Waals surface area contributed by atoms with E-state index in [0.717, 1.165) is 6.07 Å². The normalized spacial score (nSPS) is 12.5. The van der Waals surface area contributed by atoms with Crippen LogP contribution in [0.2, 0.25) is 0 Å². The van der Waals surface area contributed by atoms with Crippen LogP contribution in [0.15, 0.2) is 22.6 Å². The molecule has 1 heterocycles. The molecule has 0 saturated carbocycles. The van der Waals surface area contributed by atoms with Gasteiger partial charge in [-0.05, 0) is 20.2 Å². The Morgan fingerprint density at radius 1 is 1.33 bits per heavy atom. The van der Waals surface area contributed by atoms with Gasteiger partial charge in [0.2, 0.25) is 17.5 Å². The first-order valence-corrected chi connectivity index (χ1v) is 7.59. The number of hydrogen-bond acceptors (Lipinski definition) is 5. The molecule has 0 amide bonds. The third-order valence-electron chi connectivity index (χ3n) is 3.64. The SMILES string of the molecule is CC(C)c1nc(C#N)c(NCC(c2ccc(F)cc2F)N(C)C)o1. The molecule has 1 aromatic carbocycles. The van der Waals surface area contributed by atoms with Gasteiger partial charge in [0.25, 0.3) is 0 Å². The molecule has 0 aliphatic heterocycles. The molecular formula is C17H20F2N4O. The second kappa shape index (κ2) is 7.41. The molecule has 1 unspecified atom stereocenters. The van der Waals surface area contributed by atoms with Crippen LogP contribution in [0.1, 0.15) is 43.0 Å². The highest BCUT2D eigenvalue weighted by Crippen LogP contribution is 2.26. The first kappa shape index (κ1) is 17.9. The lowest BCUT2D eigenvalue weighted by atomic mass is 10.1. The summed E-state index contributed by atoms with van der Waals surface area (Å²) in [5.74, 6) is -0.465. The lowest BCUT2D eigenvalue weighted by Crippen LogP contribution is -2.27. The number of hydrogen-bond donors (Lipinski definition) is 1. The number of oxazole rings is 1. The molecule has 7 heteroatoms. The van der Waals surface area contributed by atoms with Gasteiger partial charge in [0, 0.05) is 24.1 Å². The Balaban J connectivity index is 2.22. The molecule has 1 aromatic heterocycles. The zero-order valence-electron chi connectivity index (χ0n) is 14.1. The minimum absolute atomic E-state index is 0.0480. The average molecular weight is 334 g/mol. The van der Waals surface area contributed by atoms with Crippen LogP contribution >= 0.6 is 0 Å². The van der Waals surface area contributed by atoms with Crippen molar-refractivity contribution in [3.63, 3.8) is 0 Å². The van der Waals surface area contributed by atoms with E-state index in [4.69, 9.17) is 9.68 Å². The van der Waals surface area contributed by atoms with Gasteiger partial charge in [-0.25, -0.2) is 13.8 Å². The molecule has 0 aliphatic carbocycles. The fourth-order valence-corrected chi connectivity index (χ4v) is 2.31. The van der Waals surface area contributed by atoms with E-state index in [2.05, 4.69) is 10.3 Å². The maximum absolute atomic E-state index is 14.1. The van der Waals surface area contributed by atoms with Gasteiger partial charge >= 0.3 is 0 Å². The molecule has 2 aromatic rings. The van der Waals surface area contributed by atoms with E-state index in [9.17, 15) is 8.78 Å². The fourth-order valence-electron chi connectivity index (χ4n) is 2.31. The highest BCUT2D eigenvalue weighted by Gasteiger charge is 2.21. The Bertz CT molecular complexity index is 750. The highest BCUT2D eigenvalue weighted by molar-refractivity contribution is 5.46. The number of benzene rings is 1. The van der Waals surface area contributed by atoms with Crippen LogP contribution in [0.25, 0.3) is 0 Å². The van der Waals surface area contributed by atoms with Gasteiger partial charge in [-0.15, -0.1) is 0 Å². The lowest BCUT2D eigenvalue weighted by Gasteiger charge is -2.25. The maximum atomic E-state index is 14.1. The van der Waals surface area contributed by atoms with Crippen LogP contribution in [0.4, 0.5) is 14.7 Å². The van der Waals surface area contributed by atoms with Gasteiger partial charge in [-0.3, -0.25) is 0 Å². The molecule has 0 saturated heterocycles. The number of aromatic nitrogens is 1. The number of likely N-dealkylation sites (N-methyl/N-ethyl adjacent to an activating group) is 1. The Morgan fingerprint density at radius 3 is 2.58 bits per heavy atom. The average Bonchev–Trinajstić information content (AvgIpc) is 2.92. The molecule has 0 spiro atoms. The van der Waals surface area contributed by atoms with Crippen LogP contribution < -0.4 is 5.32 Å². The van der Waals surface area contributed by atoms with E-state index in [1.165, 1.54) is 12.1 Å². The molecule has 128 valence electrons. The molecule has 0 bridgehead atoms. The second-order valence-electron chi connectivity index (χ2n) is 6.02. The smallest absolute Gasteiger partial charge is 0.232 e. The van der Waals surface area contributed by atoms with Gasteiger partial charge in [0.15, 0.2) is 0 Å². The number of nitrogens with one attached hydrogen (secondary N) is 1. The number of rotatable bonds is 6. The van der Waals surface area contributed by atoms with Crippen molar-refractivity contribution < 1.29 is 13.2 Å². The summed E-state index contributed by atoms with van der Waals surface area (Å²) in [6, 6.07) is 5.11. The summed E-state index contributed by atoms with van der Waals surface area (Å²) < 4.78 is 32.7. The summed E-state index contributed by atoms with van der Waals surface area (Å²) in [6.45, 7) is 4.09. The lowest BCUT2D eigenvalue weighted by molar-refractivity contribution is 0.302. The van der Waals surface area contributed by atoms with Crippen molar-refractivity contribution >= 4 is 5.88 Å². The zero-order valence-corrected chi connectivity index (χ0v) is 14.1. The summed E-state index contributed by atoms with van der Waals surface area (Å²) >= 11 is 0. The van der Waals surface area contributed by atoms with Crippen molar-refractivity contribution in [1.29, 1.82) is 5.26 Å². The van der Waals surface area contributed by atoms with Crippen LogP contribution in [-0.2, 0) is 0 Å². The first-order valence-electron chi connectivity index (χ1n) is 7.59. The van der Waals surface area contributed by atoms with Crippen molar-refractivity contribution in [3.8, 4) is 6.07 Å². The van der Waals surface area contributed by atoms with E-state index in [1.54, 1.807) is 19.0 Å². The molecule has 24 heavy (non-hydrogen) atoms. The van der Waals surface area contributed by atoms with E-state index >= 15 is 0 Å². The molecule has 0 radical (unpaired) electrons. The minimum atomic E-state index is -0.620. The summed E-state index contributed by atoms with van der Waals surface area (Å²) in [4.78, 5) is 5.93. The third kappa shape index (κ3) is 3.89. The molecule has 2 rings (SSSR count). The summed E-state index contributed by atoms with van der Waals surface area (Å²) in [5.41, 5.74) is 0.520. The number of nitrogens with zero attached hydrogens (tertiary/aromatic N) is 3. The quantitative estimate of drug-likeness (QED) is 0.873. The van der Waals surface area contributed by atoms with E-state index < -0.39 is 11.6 Å². The van der Waals surface area contributed by atoms with Gasteiger partial charge in [-0.2, -0.15) is 5.26 Å². The van der Waals surface area contributed by atoms with Crippen molar-refractivity contribution in [2.24, 2.45) is 0 Å². The second-order valence-corrected chi connectivity index (χ2v) is 6.02. The molecular weight excluding hydrogens is 314 g/mol. The van der Waals surface area contributed by atoms with Crippen molar-refractivity contribution in [3.05, 3.63) is 47.0 Å². The summed E-state index contributed by atoms with van der Waals surface area (Å²) in [7, 11) is 3.58. The highest BCUT2D eigenvalue weighted by atomic mass is 19.1. The van der Waals surface area contributed by atoms with Gasteiger partial charge in [0.05, 0.1) is 6.04 Å². The van der Waals surface area contributed by atoms with Crippen LogP contribution in [0.5, 0.6) is 0 Å². The molecule has 0 aliphatic rings. The summed E-state index contributed by atoms with van der Waals surface area (Å²) in [5, 5.41) is 12.2. The standard InChI is InChI=1S/C17H20F2N4O/c1-10(2)16-22-14(8-20)17(24-16)21-9-15(23(3)4)12-6-5-11(18)7-13(12)19/h5-7,10,15,21H,9H2,1-4H3. The van der Waals surface area contributed by atoms with E-state index in [-0.39, 0.29) is 30.1 Å². The van der Waals surface area contributed by atoms with E-state index in [1.807, 2.05) is 19.9 Å². The molecule has 1 N–H and O–H groups in total. The van der Waals surface area contributed by atoms with Gasteiger partial charge in [-0.1, -0.05) is 19.9 Å². The number of anilines is 1. The largest absolute Gasteiger partial charge is 0.424 e. The first-order chi connectivity index (χ1) is 11.3. The predicted octanol–water partition coefficient (Wildman–Crippen LogP) is 3.66. The van der Waals surface area contributed by atoms with Crippen molar-refractivity contribution in [2.75, 3.05) is 26.0 Å². The maximum Gasteiger partial charge on any atom is 0.232 e. The summed E-state index contributed by atoms with van der Waals surface area (Å²) in [6.07, 6.45) is 0. The van der Waals surface area contributed by atoms with Crippen LogP contribution in [-0.4, -0.2) is 30.5 Å². The topological polar surface area (TPSA) is 65.1 Å². The van der Waals surface area contributed by atoms with Crippen molar-refractivity contribution in [1.82, 2.24) is 9.88 Å². The monoisotopic (exact) mass is 334 g/mol. The fraction of sp³-hybridized carbons (Fsp3) is 0.412. The zero-order chi connectivity index (χ0) is 17.9. The molecule has 1 atom stereocenters. The minimum Gasteiger partial charge on any atom is -0.424 e. The Hall–Kier alpha value is -2.46. The third-order valence-corrected chi connectivity index (χ3v) is 3.64. The van der Waals surface area contributed by atoms with E-state index in [0.29, 0.717) is 11.5 Å². The Kier molecular flexibility index (Phi) is 5.52. The Labute approximate surface area is 139 Å². The van der Waals surface area contributed by atoms with Gasteiger partial charge < -0.3 is 14.6 Å². The number of halogens is 2. The number of nitriles is 1. The van der Waals surface area contributed by atoms with Crippen molar-refractivity contribution in [2.45, 2.75) is 25.8 Å².